The second kappa shape index (κ2) is 4.58. The zero-order chi connectivity index (χ0) is 10.7. The monoisotopic (exact) mass is 206 g/mol. The molecule has 80 valence electrons. The van der Waals surface area contributed by atoms with Gasteiger partial charge in [0.25, 0.3) is 0 Å². The number of aliphatic hydroxyl groups is 1. The van der Waals surface area contributed by atoms with Crippen molar-refractivity contribution < 1.29 is 9.50 Å². The zero-order valence-electron chi connectivity index (χ0n) is 8.62. The molecule has 0 spiro atoms. The van der Waals surface area contributed by atoms with Crippen LogP contribution in [0.3, 0.4) is 0 Å². The van der Waals surface area contributed by atoms with Crippen LogP contribution in [0.15, 0.2) is 30.3 Å². The maximum absolute atomic E-state index is 12.7. The predicted octanol–water partition coefficient (Wildman–Crippen LogP) is 3.14. The van der Waals surface area contributed by atoms with E-state index < -0.39 is 0 Å². The first-order chi connectivity index (χ1) is 7.25. The van der Waals surface area contributed by atoms with E-state index in [1.807, 2.05) is 6.08 Å². The first kappa shape index (κ1) is 10.4. The number of hydrogen-bond donors (Lipinski definition) is 1. The third-order valence-electron chi connectivity index (χ3n) is 2.80. The standard InChI is InChI=1S/C13H15FO/c14-12-7-5-10(6-8-12)11-3-1-2-4-13(15)9-11/h5-9,13,15H,1-4H2. The smallest absolute Gasteiger partial charge is 0.123 e. The van der Waals surface area contributed by atoms with E-state index in [9.17, 15) is 9.50 Å². The van der Waals surface area contributed by atoms with Crippen LogP contribution in [0.2, 0.25) is 0 Å². The van der Waals surface area contributed by atoms with Crippen molar-refractivity contribution in [3.63, 3.8) is 0 Å². The first-order valence-corrected chi connectivity index (χ1v) is 5.40. The highest BCUT2D eigenvalue weighted by molar-refractivity contribution is 5.66. The van der Waals surface area contributed by atoms with Crippen LogP contribution in [-0.2, 0) is 0 Å². The number of aliphatic hydroxyl groups excluding tert-OH is 1. The van der Waals surface area contributed by atoms with E-state index >= 15 is 0 Å². The molecular weight excluding hydrogens is 191 g/mol. The summed E-state index contributed by atoms with van der Waals surface area (Å²) in [5.74, 6) is -0.214. The van der Waals surface area contributed by atoms with Gasteiger partial charge in [-0.05, 0) is 42.5 Å². The van der Waals surface area contributed by atoms with Gasteiger partial charge in [-0.2, -0.15) is 0 Å². The van der Waals surface area contributed by atoms with Crippen molar-refractivity contribution in [3.05, 3.63) is 41.7 Å². The fourth-order valence-electron chi connectivity index (χ4n) is 1.97. The minimum Gasteiger partial charge on any atom is -0.389 e. The van der Waals surface area contributed by atoms with Crippen LogP contribution in [0.4, 0.5) is 4.39 Å². The molecule has 0 saturated carbocycles. The molecule has 2 heteroatoms. The van der Waals surface area contributed by atoms with Gasteiger partial charge in [0, 0.05) is 0 Å². The fourth-order valence-corrected chi connectivity index (χ4v) is 1.97. The summed E-state index contributed by atoms with van der Waals surface area (Å²) < 4.78 is 12.7. The Morgan fingerprint density at radius 2 is 1.87 bits per heavy atom. The summed E-state index contributed by atoms with van der Waals surface area (Å²) in [6.45, 7) is 0. The topological polar surface area (TPSA) is 20.2 Å². The lowest BCUT2D eigenvalue weighted by Gasteiger charge is -2.06. The molecular formula is C13H15FO. The van der Waals surface area contributed by atoms with Crippen molar-refractivity contribution in [2.24, 2.45) is 0 Å². The molecule has 1 aliphatic rings. The Kier molecular flexibility index (Phi) is 3.17. The molecule has 1 aliphatic carbocycles. The molecule has 15 heavy (non-hydrogen) atoms. The van der Waals surface area contributed by atoms with Gasteiger partial charge in [0.2, 0.25) is 0 Å². The maximum Gasteiger partial charge on any atom is 0.123 e. The van der Waals surface area contributed by atoms with E-state index in [0.29, 0.717) is 0 Å². The molecule has 1 atom stereocenters. The molecule has 1 unspecified atom stereocenters. The Balaban J connectivity index is 2.24. The third kappa shape index (κ3) is 2.66. The van der Waals surface area contributed by atoms with Crippen molar-refractivity contribution in [1.29, 1.82) is 0 Å². The lowest BCUT2D eigenvalue weighted by molar-refractivity contribution is 0.211. The van der Waals surface area contributed by atoms with Crippen LogP contribution in [-0.4, -0.2) is 11.2 Å². The number of benzene rings is 1. The minimum atomic E-state index is -0.340. The lowest BCUT2D eigenvalue weighted by Crippen LogP contribution is -2.00. The third-order valence-corrected chi connectivity index (χ3v) is 2.80. The molecule has 0 saturated heterocycles. The summed E-state index contributed by atoms with van der Waals surface area (Å²) in [6.07, 6.45) is 5.53. The molecule has 1 aromatic carbocycles. The Hall–Kier alpha value is -1.15. The van der Waals surface area contributed by atoms with Gasteiger partial charge in [0.15, 0.2) is 0 Å². The SMILES string of the molecule is OC1C=C(c2ccc(F)cc2)CCCC1. The number of hydrogen-bond acceptors (Lipinski definition) is 1. The highest BCUT2D eigenvalue weighted by atomic mass is 19.1. The molecule has 0 heterocycles. The minimum absolute atomic E-state index is 0.214. The Labute approximate surface area is 89.3 Å². The van der Waals surface area contributed by atoms with Gasteiger partial charge in [0.1, 0.15) is 5.82 Å². The van der Waals surface area contributed by atoms with Crippen molar-refractivity contribution in [2.45, 2.75) is 31.8 Å². The van der Waals surface area contributed by atoms with Crippen LogP contribution < -0.4 is 0 Å². The molecule has 1 N–H and O–H groups in total. The summed E-state index contributed by atoms with van der Waals surface area (Å²) in [4.78, 5) is 0. The van der Waals surface area contributed by atoms with Crippen molar-refractivity contribution in [2.75, 3.05) is 0 Å². The molecule has 0 aromatic heterocycles. The molecule has 0 fully saturated rings. The van der Waals surface area contributed by atoms with E-state index in [2.05, 4.69) is 0 Å². The molecule has 0 bridgehead atoms. The molecule has 1 nitrogen and oxygen atoms in total. The molecule has 2 rings (SSSR count). The van der Waals surface area contributed by atoms with E-state index in [4.69, 9.17) is 0 Å². The quantitative estimate of drug-likeness (QED) is 0.748. The number of allylic oxidation sites excluding steroid dienone is 1. The largest absolute Gasteiger partial charge is 0.389 e. The van der Waals surface area contributed by atoms with E-state index in [-0.39, 0.29) is 11.9 Å². The summed E-state index contributed by atoms with van der Waals surface area (Å²) >= 11 is 0. The van der Waals surface area contributed by atoms with E-state index in [1.54, 1.807) is 12.1 Å². The number of rotatable bonds is 1. The van der Waals surface area contributed by atoms with Crippen molar-refractivity contribution in [3.8, 4) is 0 Å². The number of halogens is 1. The van der Waals surface area contributed by atoms with E-state index in [0.717, 1.165) is 36.8 Å². The van der Waals surface area contributed by atoms with Gasteiger partial charge < -0.3 is 5.11 Å². The van der Waals surface area contributed by atoms with Crippen molar-refractivity contribution >= 4 is 5.57 Å². The van der Waals surface area contributed by atoms with Crippen molar-refractivity contribution in [1.82, 2.24) is 0 Å². The first-order valence-electron chi connectivity index (χ1n) is 5.40. The molecule has 1 aromatic rings. The average Bonchev–Trinajstić information content (AvgIpc) is 2.44. The summed E-state index contributed by atoms with van der Waals surface area (Å²) in [6, 6.07) is 6.49. The van der Waals surface area contributed by atoms with E-state index in [1.165, 1.54) is 12.1 Å². The predicted molar refractivity (Wildman–Crippen MR) is 58.9 cm³/mol. The van der Waals surface area contributed by atoms with Gasteiger partial charge >= 0.3 is 0 Å². The highest BCUT2D eigenvalue weighted by Gasteiger charge is 2.10. The highest BCUT2D eigenvalue weighted by Crippen LogP contribution is 2.26. The Morgan fingerprint density at radius 1 is 1.13 bits per heavy atom. The van der Waals surface area contributed by atoms with Gasteiger partial charge in [0.05, 0.1) is 6.10 Å². The lowest BCUT2D eigenvalue weighted by atomic mass is 10.0. The maximum atomic E-state index is 12.7. The Bertz CT molecular complexity index is 353. The summed E-state index contributed by atoms with van der Waals surface area (Å²) in [5.41, 5.74) is 2.16. The van der Waals surface area contributed by atoms with Gasteiger partial charge in [-0.3, -0.25) is 0 Å². The van der Waals surface area contributed by atoms with Crippen LogP contribution in [0.25, 0.3) is 5.57 Å². The fraction of sp³-hybridized carbons (Fsp3) is 0.385. The van der Waals surface area contributed by atoms with Crippen LogP contribution in [0.5, 0.6) is 0 Å². The molecule has 0 aliphatic heterocycles. The molecule has 0 amide bonds. The van der Waals surface area contributed by atoms with Crippen LogP contribution in [0.1, 0.15) is 31.2 Å². The Morgan fingerprint density at radius 3 is 2.60 bits per heavy atom. The zero-order valence-corrected chi connectivity index (χ0v) is 8.62. The molecule has 0 radical (unpaired) electrons. The van der Waals surface area contributed by atoms with Gasteiger partial charge in [-0.25, -0.2) is 4.39 Å². The van der Waals surface area contributed by atoms with Gasteiger partial charge in [-0.15, -0.1) is 0 Å². The average molecular weight is 206 g/mol. The van der Waals surface area contributed by atoms with Crippen LogP contribution in [0, 0.1) is 5.82 Å². The normalized spacial score (nSPS) is 22.0. The van der Waals surface area contributed by atoms with Crippen LogP contribution >= 0.6 is 0 Å². The van der Waals surface area contributed by atoms with Gasteiger partial charge in [-0.1, -0.05) is 24.6 Å². The second-order valence-electron chi connectivity index (χ2n) is 4.01. The second-order valence-corrected chi connectivity index (χ2v) is 4.01. The summed E-state index contributed by atoms with van der Waals surface area (Å²) in [7, 11) is 0. The summed E-state index contributed by atoms with van der Waals surface area (Å²) in [5, 5.41) is 9.63.